The molecule has 0 bridgehead atoms. The molecule has 1 atom stereocenters. The molecule has 0 fully saturated rings. The minimum Gasteiger partial charge on any atom is -0.506 e. The first-order valence-corrected chi connectivity index (χ1v) is 6.30. The number of carboxylic acid groups (broad SMARTS) is 1. The molecule has 17 heavy (non-hydrogen) atoms. The SMILES string of the molecule is NC(CC(=O)O)c1cc2c(c(Br)c1O)CCC2. The first kappa shape index (κ1) is 12.4. The Labute approximate surface area is 108 Å². The van der Waals surface area contributed by atoms with Gasteiger partial charge in [0.05, 0.1) is 10.9 Å². The number of aryl methyl sites for hydroxylation is 1. The summed E-state index contributed by atoms with van der Waals surface area (Å²) in [5.74, 6) is -0.882. The van der Waals surface area contributed by atoms with E-state index < -0.39 is 12.0 Å². The number of hydrogen-bond acceptors (Lipinski definition) is 3. The van der Waals surface area contributed by atoms with Gasteiger partial charge in [-0.05, 0) is 46.3 Å². The molecule has 0 saturated heterocycles. The van der Waals surface area contributed by atoms with Gasteiger partial charge in [0.25, 0.3) is 0 Å². The van der Waals surface area contributed by atoms with Gasteiger partial charge in [-0.3, -0.25) is 4.79 Å². The smallest absolute Gasteiger partial charge is 0.305 e. The lowest BCUT2D eigenvalue weighted by Crippen LogP contribution is -2.15. The summed E-state index contributed by atoms with van der Waals surface area (Å²) < 4.78 is 0.670. The molecule has 0 aliphatic heterocycles. The fourth-order valence-electron chi connectivity index (χ4n) is 2.28. The first-order valence-electron chi connectivity index (χ1n) is 5.51. The zero-order chi connectivity index (χ0) is 12.6. The molecule has 1 unspecified atom stereocenters. The third-order valence-electron chi connectivity index (χ3n) is 3.13. The van der Waals surface area contributed by atoms with E-state index in [1.54, 1.807) is 0 Å². The fourth-order valence-corrected chi connectivity index (χ4v) is 2.97. The Morgan fingerprint density at radius 1 is 1.53 bits per heavy atom. The number of carbonyl (C=O) groups is 1. The Morgan fingerprint density at radius 3 is 2.88 bits per heavy atom. The summed E-state index contributed by atoms with van der Waals surface area (Å²) in [6, 6.07) is 1.17. The van der Waals surface area contributed by atoms with Gasteiger partial charge < -0.3 is 15.9 Å². The predicted octanol–water partition coefficient (Wildman–Crippen LogP) is 2.12. The van der Waals surface area contributed by atoms with Gasteiger partial charge in [0, 0.05) is 11.6 Å². The van der Waals surface area contributed by atoms with Gasteiger partial charge in [-0.15, -0.1) is 0 Å². The van der Waals surface area contributed by atoms with Crippen LogP contribution in [0.2, 0.25) is 0 Å². The number of rotatable bonds is 3. The van der Waals surface area contributed by atoms with Crippen LogP contribution in [0.25, 0.3) is 0 Å². The van der Waals surface area contributed by atoms with Crippen molar-refractivity contribution in [2.75, 3.05) is 0 Å². The molecule has 4 N–H and O–H groups in total. The van der Waals surface area contributed by atoms with E-state index in [-0.39, 0.29) is 12.2 Å². The Morgan fingerprint density at radius 2 is 2.24 bits per heavy atom. The Kier molecular flexibility index (Phi) is 3.40. The van der Waals surface area contributed by atoms with Crippen LogP contribution in [-0.2, 0) is 17.6 Å². The van der Waals surface area contributed by atoms with E-state index in [9.17, 15) is 9.90 Å². The van der Waals surface area contributed by atoms with Crippen molar-refractivity contribution in [3.05, 3.63) is 27.2 Å². The van der Waals surface area contributed by atoms with Crippen molar-refractivity contribution in [1.82, 2.24) is 0 Å². The maximum absolute atomic E-state index is 10.6. The fraction of sp³-hybridized carbons (Fsp3) is 0.417. The summed E-state index contributed by atoms with van der Waals surface area (Å²) in [6.45, 7) is 0. The normalized spacial score (nSPS) is 15.6. The van der Waals surface area contributed by atoms with E-state index in [2.05, 4.69) is 15.9 Å². The topological polar surface area (TPSA) is 83.6 Å². The highest BCUT2D eigenvalue weighted by Gasteiger charge is 2.23. The average Bonchev–Trinajstić information content (AvgIpc) is 2.70. The van der Waals surface area contributed by atoms with Gasteiger partial charge in [-0.2, -0.15) is 0 Å². The Balaban J connectivity index is 2.41. The summed E-state index contributed by atoms with van der Waals surface area (Å²) in [5, 5.41) is 18.8. The predicted molar refractivity (Wildman–Crippen MR) is 67.0 cm³/mol. The van der Waals surface area contributed by atoms with Crippen molar-refractivity contribution < 1.29 is 15.0 Å². The van der Waals surface area contributed by atoms with Crippen LogP contribution in [0.5, 0.6) is 5.75 Å². The van der Waals surface area contributed by atoms with E-state index in [4.69, 9.17) is 10.8 Å². The second-order valence-corrected chi connectivity index (χ2v) is 5.12. The summed E-state index contributed by atoms with van der Waals surface area (Å²) in [5.41, 5.74) is 8.59. The molecule has 2 rings (SSSR count). The number of aliphatic carboxylic acids is 1. The number of carboxylic acids is 1. The lowest BCUT2D eigenvalue weighted by atomic mass is 9.98. The molecule has 0 heterocycles. The number of aromatic hydroxyl groups is 1. The molecule has 0 amide bonds. The maximum atomic E-state index is 10.6. The number of nitrogens with two attached hydrogens (primary N) is 1. The summed E-state index contributed by atoms with van der Waals surface area (Å²) in [7, 11) is 0. The van der Waals surface area contributed by atoms with Crippen LogP contribution in [0, 0.1) is 0 Å². The molecule has 1 aromatic rings. The third kappa shape index (κ3) is 2.30. The van der Waals surface area contributed by atoms with Gasteiger partial charge in [0.15, 0.2) is 0 Å². The van der Waals surface area contributed by atoms with Crippen LogP contribution in [0.3, 0.4) is 0 Å². The first-order chi connectivity index (χ1) is 8.00. The van der Waals surface area contributed by atoms with Crippen molar-refractivity contribution >= 4 is 21.9 Å². The zero-order valence-electron chi connectivity index (χ0n) is 9.24. The van der Waals surface area contributed by atoms with Crippen LogP contribution in [0.1, 0.15) is 35.6 Å². The molecule has 1 aliphatic rings. The highest BCUT2D eigenvalue weighted by molar-refractivity contribution is 9.10. The molecule has 1 aromatic carbocycles. The largest absolute Gasteiger partial charge is 0.506 e. The Bertz CT molecular complexity index is 473. The molecular weight excluding hydrogens is 286 g/mol. The van der Waals surface area contributed by atoms with E-state index >= 15 is 0 Å². The van der Waals surface area contributed by atoms with Gasteiger partial charge in [-0.1, -0.05) is 6.07 Å². The van der Waals surface area contributed by atoms with Crippen LogP contribution in [0.15, 0.2) is 10.5 Å². The Hall–Kier alpha value is -1.07. The standard InChI is InChI=1S/C12H14BrNO3/c13-11-7-3-1-2-6(7)4-8(12(11)17)9(14)5-10(15)16/h4,9,17H,1-3,5,14H2,(H,15,16). The highest BCUT2D eigenvalue weighted by Crippen LogP contribution is 2.40. The van der Waals surface area contributed by atoms with E-state index in [0.717, 1.165) is 30.4 Å². The van der Waals surface area contributed by atoms with Gasteiger partial charge in [0.2, 0.25) is 0 Å². The van der Waals surface area contributed by atoms with Crippen molar-refractivity contribution in [3.63, 3.8) is 0 Å². The average molecular weight is 300 g/mol. The lowest BCUT2D eigenvalue weighted by molar-refractivity contribution is -0.137. The van der Waals surface area contributed by atoms with Gasteiger partial charge in [0.1, 0.15) is 5.75 Å². The zero-order valence-corrected chi connectivity index (χ0v) is 10.8. The molecule has 1 aliphatic carbocycles. The van der Waals surface area contributed by atoms with Crippen LogP contribution in [0.4, 0.5) is 0 Å². The van der Waals surface area contributed by atoms with Crippen LogP contribution >= 0.6 is 15.9 Å². The van der Waals surface area contributed by atoms with Crippen LogP contribution in [-0.4, -0.2) is 16.2 Å². The summed E-state index contributed by atoms with van der Waals surface area (Å²) >= 11 is 3.36. The monoisotopic (exact) mass is 299 g/mol. The molecule has 92 valence electrons. The van der Waals surface area contributed by atoms with Crippen molar-refractivity contribution in [3.8, 4) is 5.75 Å². The number of phenolic OH excluding ortho intramolecular Hbond substituents is 1. The number of phenols is 1. The molecule has 0 aromatic heterocycles. The van der Waals surface area contributed by atoms with Crippen molar-refractivity contribution in [2.45, 2.75) is 31.7 Å². The minimum absolute atomic E-state index is 0.0828. The van der Waals surface area contributed by atoms with E-state index in [1.165, 1.54) is 0 Å². The third-order valence-corrected chi connectivity index (χ3v) is 3.98. The second kappa shape index (κ2) is 4.66. The second-order valence-electron chi connectivity index (χ2n) is 4.32. The molecule has 4 nitrogen and oxygen atoms in total. The number of benzene rings is 1. The molecular formula is C12H14BrNO3. The number of hydrogen-bond donors (Lipinski definition) is 3. The van der Waals surface area contributed by atoms with Crippen LogP contribution < -0.4 is 5.73 Å². The quantitative estimate of drug-likeness (QED) is 0.798. The molecule has 0 saturated carbocycles. The van der Waals surface area contributed by atoms with Crippen molar-refractivity contribution in [2.24, 2.45) is 5.73 Å². The lowest BCUT2D eigenvalue weighted by Gasteiger charge is -2.15. The molecule has 0 radical (unpaired) electrons. The minimum atomic E-state index is -0.964. The van der Waals surface area contributed by atoms with Crippen molar-refractivity contribution in [1.29, 1.82) is 0 Å². The van der Waals surface area contributed by atoms with E-state index in [1.807, 2.05) is 6.07 Å². The molecule has 5 heteroatoms. The maximum Gasteiger partial charge on any atom is 0.305 e. The van der Waals surface area contributed by atoms with Gasteiger partial charge >= 0.3 is 5.97 Å². The van der Waals surface area contributed by atoms with E-state index in [0.29, 0.717) is 10.0 Å². The molecule has 0 spiro atoms. The number of fused-ring (bicyclic) bond motifs is 1. The summed E-state index contributed by atoms with van der Waals surface area (Å²) in [4.78, 5) is 10.6. The summed E-state index contributed by atoms with van der Waals surface area (Å²) in [6.07, 6.45) is 2.78. The highest BCUT2D eigenvalue weighted by atomic mass is 79.9. The van der Waals surface area contributed by atoms with Gasteiger partial charge in [-0.25, -0.2) is 0 Å². The number of halogens is 1.